The van der Waals surface area contributed by atoms with Gasteiger partial charge in [-0.05, 0) is 68.6 Å². The second-order valence-corrected chi connectivity index (χ2v) is 12.9. The summed E-state index contributed by atoms with van der Waals surface area (Å²) in [5.41, 5.74) is 13.4. The Morgan fingerprint density at radius 2 is 1.00 bits per heavy atom. The summed E-state index contributed by atoms with van der Waals surface area (Å²) in [5.74, 6) is 0. The van der Waals surface area contributed by atoms with Crippen molar-refractivity contribution in [2.45, 2.75) is 5.41 Å². The van der Waals surface area contributed by atoms with Gasteiger partial charge in [0.05, 0.1) is 11.1 Å². The van der Waals surface area contributed by atoms with Crippen molar-refractivity contribution in [1.29, 1.82) is 0 Å². The molecule has 0 radical (unpaired) electrons. The van der Waals surface area contributed by atoms with E-state index in [1.807, 2.05) is 0 Å². The summed E-state index contributed by atoms with van der Waals surface area (Å²) in [6, 6.07) is 65.6. The average molecular weight is 626 g/mol. The highest BCUT2D eigenvalue weighted by atomic mass is 16.3. The zero-order valence-electron chi connectivity index (χ0n) is 26.7. The third-order valence-corrected chi connectivity index (χ3v) is 10.4. The lowest BCUT2D eigenvalue weighted by Crippen LogP contribution is -2.28. The van der Waals surface area contributed by atoms with Crippen LogP contribution >= 0.6 is 0 Å². The number of hydrogen-bond donors (Lipinski definition) is 1. The fraction of sp³-hybridized carbons (Fsp3) is 0.0213. The normalized spacial score (nSPS) is 13.1. The molecule has 9 aromatic rings. The number of furan rings is 1. The molecule has 0 bridgehead atoms. The first-order chi connectivity index (χ1) is 24.3. The quantitative estimate of drug-likeness (QED) is 0.206. The number of para-hydroxylation sites is 2. The Morgan fingerprint density at radius 3 is 1.82 bits per heavy atom. The van der Waals surface area contributed by atoms with E-state index in [9.17, 15) is 0 Å². The SMILES string of the molecule is c1ccc(C2(c3ccccc3)c3ccccc3-c3cc(-c4ccccc4Nc4cccc5c4oc4c6ccccc6ccc54)ccc32)cc1. The van der Waals surface area contributed by atoms with Crippen molar-refractivity contribution in [3.63, 3.8) is 0 Å². The van der Waals surface area contributed by atoms with Gasteiger partial charge in [0.2, 0.25) is 0 Å². The maximum Gasteiger partial charge on any atom is 0.158 e. The Morgan fingerprint density at radius 1 is 0.388 bits per heavy atom. The van der Waals surface area contributed by atoms with E-state index in [1.54, 1.807) is 0 Å². The molecule has 0 amide bonds. The molecule has 10 rings (SSSR count). The van der Waals surface area contributed by atoms with Crippen molar-refractivity contribution < 1.29 is 4.42 Å². The van der Waals surface area contributed by atoms with Crippen molar-refractivity contribution in [2.24, 2.45) is 0 Å². The minimum Gasteiger partial charge on any atom is -0.453 e. The summed E-state index contributed by atoms with van der Waals surface area (Å²) in [6.45, 7) is 0. The molecule has 1 heterocycles. The molecule has 49 heavy (non-hydrogen) atoms. The Bertz CT molecular complexity index is 2650. The van der Waals surface area contributed by atoms with Gasteiger partial charge in [-0.15, -0.1) is 0 Å². The van der Waals surface area contributed by atoms with Crippen LogP contribution in [0.4, 0.5) is 11.4 Å². The van der Waals surface area contributed by atoms with Crippen LogP contribution in [0.2, 0.25) is 0 Å². The highest BCUT2D eigenvalue weighted by molar-refractivity contribution is 6.17. The molecule has 0 saturated heterocycles. The highest BCUT2D eigenvalue weighted by Crippen LogP contribution is 2.56. The van der Waals surface area contributed by atoms with Gasteiger partial charge < -0.3 is 9.73 Å². The minimum atomic E-state index is -0.411. The van der Waals surface area contributed by atoms with Gasteiger partial charge in [0, 0.05) is 27.4 Å². The molecule has 0 unspecified atom stereocenters. The lowest BCUT2D eigenvalue weighted by molar-refractivity contribution is 0.674. The Labute approximate surface area is 284 Å². The van der Waals surface area contributed by atoms with E-state index in [2.05, 4.69) is 187 Å². The molecule has 1 aliphatic rings. The average Bonchev–Trinajstić information content (AvgIpc) is 3.71. The monoisotopic (exact) mass is 625 g/mol. The van der Waals surface area contributed by atoms with Crippen LogP contribution < -0.4 is 5.32 Å². The zero-order valence-corrected chi connectivity index (χ0v) is 26.7. The number of benzene rings is 8. The topological polar surface area (TPSA) is 25.2 Å². The molecule has 0 spiro atoms. The van der Waals surface area contributed by atoms with Crippen molar-refractivity contribution in [2.75, 3.05) is 5.32 Å². The van der Waals surface area contributed by atoms with Gasteiger partial charge in [-0.2, -0.15) is 0 Å². The van der Waals surface area contributed by atoms with Gasteiger partial charge in [-0.1, -0.05) is 158 Å². The molecule has 1 aliphatic carbocycles. The summed E-state index contributed by atoms with van der Waals surface area (Å²) in [4.78, 5) is 0. The lowest BCUT2D eigenvalue weighted by atomic mass is 9.67. The fourth-order valence-corrected chi connectivity index (χ4v) is 8.23. The van der Waals surface area contributed by atoms with Crippen molar-refractivity contribution in [3.8, 4) is 22.3 Å². The Balaban J connectivity index is 1.13. The second kappa shape index (κ2) is 10.8. The largest absolute Gasteiger partial charge is 0.453 e. The van der Waals surface area contributed by atoms with Crippen molar-refractivity contribution in [3.05, 3.63) is 204 Å². The van der Waals surface area contributed by atoms with E-state index in [4.69, 9.17) is 4.42 Å². The zero-order chi connectivity index (χ0) is 32.4. The molecule has 0 atom stereocenters. The molecule has 0 aliphatic heterocycles. The Hall–Kier alpha value is -6.38. The first-order valence-corrected chi connectivity index (χ1v) is 16.9. The van der Waals surface area contributed by atoms with Gasteiger partial charge >= 0.3 is 0 Å². The first kappa shape index (κ1) is 27.7. The second-order valence-electron chi connectivity index (χ2n) is 12.9. The molecular formula is C47H31NO. The molecule has 0 fully saturated rings. The van der Waals surface area contributed by atoms with Crippen LogP contribution in [0.15, 0.2) is 186 Å². The summed E-state index contributed by atoms with van der Waals surface area (Å²) >= 11 is 0. The van der Waals surface area contributed by atoms with E-state index < -0.39 is 5.41 Å². The standard InChI is InChI=1S/C47H31NO/c1-3-15-33(16-4-1)47(34-17-5-2-6-18-34)41-23-11-9-21-37(41)40-30-32(27-29-42(40)47)35-19-10-12-24-43(35)48-44-25-13-22-38-39-28-26-31-14-7-8-20-36(31)45(39)49-46(38)44/h1-30,48H. The molecule has 0 saturated carbocycles. The van der Waals surface area contributed by atoms with E-state index >= 15 is 0 Å². The van der Waals surface area contributed by atoms with Crippen LogP contribution in [-0.2, 0) is 5.41 Å². The summed E-state index contributed by atoms with van der Waals surface area (Å²) < 4.78 is 6.66. The third-order valence-electron chi connectivity index (χ3n) is 10.4. The number of hydrogen-bond acceptors (Lipinski definition) is 2. The van der Waals surface area contributed by atoms with Gasteiger partial charge in [-0.25, -0.2) is 0 Å². The van der Waals surface area contributed by atoms with Crippen LogP contribution in [0.5, 0.6) is 0 Å². The van der Waals surface area contributed by atoms with Gasteiger partial charge in [-0.3, -0.25) is 0 Å². The van der Waals surface area contributed by atoms with Crippen LogP contribution in [0.25, 0.3) is 55.0 Å². The number of nitrogens with one attached hydrogen (secondary N) is 1. The molecule has 230 valence electrons. The maximum absolute atomic E-state index is 6.66. The van der Waals surface area contributed by atoms with E-state index in [-0.39, 0.29) is 0 Å². The summed E-state index contributed by atoms with van der Waals surface area (Å²) in [7, 11) is 0. The van der Waals surface area contributed by atoms with Crippen LogP contribution in [-0.4, -0.2) is 0 Å². The van der Waals surface area contributed by atoms with Gasteiger partial charge in [0.15, 0.2) is 5.58 Å². The molecule has 2 heteroatoms. The molecule has 2 nitrogen and oxygen atoms in total. The van der Waals surface area contributed by atoms with Crippen molar-refractivity contribution in [1.82, 2.24) is 0 Å². The maximum atomic E-state index is 6.66. The van der Waals surface area contributed by atoms with E-state index in [0.29, 0.717) is 0 Å². The fourth-order valence-electron chi connectivity index (χ4n) is 8.23. The minimum absolute atomic E-state index is 0.411. The van der Waals surface area contributed by atoms with Crippen LogP contribution in [0.1, 0.15) is 22.3 Å². The van der Waals surface area contributed by atoms with Crippen molar-refractivity contribution >= 4 is 44.1 Å². The summed E-state index contributed by atoms with van der Waals surface area (Å²) in [6.07, 6.45) is 0. The van der Waals surface area contributed by atoms with E-state index in [1.165, 1.54) is 38.8 Å². The Kier molecular flexibility index (Phi) is 6.13. The first-order valence-electron chi connectivity index (χ1n) is 16.9. The van der Waals surface area contributed by atoms with Gasteiger partial charge in [0.25, 0.3) is 0 Å². The third kappa shape index (κ3) is 4.07. The predicted molar refractivity (Wildman–Crippen MR) is 204 cm³/mol. The van der Waals surface area contributed by atoms with Crippen LogP contribution in [0.3, 0.4) is 0 Å². The molecular weight excluding hydrogens is 595 g/mol. The van der Waals surface area contributed by atoms with Crippen LogP contribution in [0, 0.1) is 0 Å². The van der Waals surface area contributed by atoms with E-state index in [0.717, 1.165) is 49.8 Å². The number of rotatable bonds is 5. The summed E-state index contributed by atoms with van der Waals surface area (Å²) in [5, 5.41) is 8.32. The number of anilines is 2. The molecule has 1 N–H and O–H groups in total. The predicted octanol–water partition coefficient (Wildman–Crippen LogP) is 12.5. The van der Waals surface area contributed by atoms with Gasteiger partial charge in [0.1, 0.15) is 5.58 Å². The number of fused-ring (bicyclic) bond motifs is 8. The smallest absolute Gasteiger partial charge is 0.158 e. The highest BCUT2D eigenvalue weighted by Gasteiger charge is 2.45. The molecule has 1 aromatic heterocycles. The lowest BCUT2D eigenvalue weighted by Gasteiger charge is -2.33. The molecule has 8 aromatic carbocycles.